The first kappa shape index (κ1) is 23.6. The zero-order valence-corrected chi connectivity index (χ0v) is 19.6. The molecule has 1 aliphatic carbocycles. The van der Waals surface area contributed by atoms with Crippen molar-refractivity contribution in [2.45, 2.75) is 64.4 Å². The van der Waals surface area contributed by atoms with Gasteiger partial charge in [-0.05, 0) is 61.4 Å². The van der Waals surface area contributed by atoms with Gasteiger partial charge in [-0.15, -0.1) is 0 Å². The van der Waals surface area contributed by atoms with E-state index in [-0.39, 0.29) is 23.4 Å². The number of rotatable bonds is 10. The van der Waals surface area contributed by atoms with Crippen molar-refractivity contribution < 1.29 is 18.3 Å². The van der Waals surface area contributed by atoms with E-state index in [0.717, 1.165) is 30.0 Å². The number of aryl methyl sites for hydroxylation is 1. The number of likely N-dealkylation sites (tertiary alicyclic amines) is 1. The summed E-state index contributed by atoms with van der Waals surface area (Å²) in [4.78, 5) is 20.1. The molecular weight excluding hydrogens is 424 g/mol. The fourth-order valence-electron chi connectivity index (χ4n) is 4.80. The number of carbonyl (C=O) groups is 1. The minimum Gasteiger partial charge on any atom is -0.415 e. The number of aromatic nitrogens is 1. The number of carbonyl (C=O) groups excluding carboxylic acids is 1. The molecule has 2 fully saturated rings. The lowest BCUT2D eigenvalue weighted by molar-refractivity contribution is -0.128. The number of pyridine rings is 1. The molecule has 2 aliphatic rings. The van der Waals surface area contributed by atoms with Crippen molar-refractivity contribution in [2.24, 2.45) is 5.92 Å². The largest absolute Gasteiger partial charge is 0.415 e. The van der Waals surface area contributed by atoms with Crippen LogP contribution in [0.15, 0.2) is 36.4 Å². The maximum absolute atomic E-state index is 13.7. The van der Waals surface area contributed by atoms with Crippen molar-refractivity contribution >= 4 is 11.6 Å². The van der Waals surface area contributed by atoms with E-state index < -0.39 is 12.0 Å². The van der Waals surface area contributed by atoms with Crippen LogP contribution in [0.1, 0.15) is 62.3 Å². The Hall–Kier alpha value is -2.54. The Bertz CT molecular complexity index is 985. The van der Waals surface area contributed by atoms with Crippen molar-refractivity contribution in [3.05, 3.63) is 53.2 Å². The number of amides is 1. The molecule has 0 unspecified atom stereocenters. The van der Waals surface area contributed by atoms with E-state index in [4.69, 9.17) is 0 Å². The van der Waals surface area contributed by atoms with Crippen LogP contribution in [0.3, 0.4) is 0 Å². The zero-order chi connectivity index (χ0) is 23.6. The predicted molar refractivity (Wildman–Crippen MR) is 125 cm³/mol. The molecular formula is C26H33F2N3O2. The molecule has 1 aliphatic heterocycles. The van der Waals surface area contributed by atoms with E-state index in [1.807, 2.05) is 18.2 Å². The van der Waals surface area contributed by atoms with Crippen LogP contribution in [-0.4, -0.2) is 42.0 Å². The summed E-state index contributed by atoms with van der Waals surface area (Å²) in [7, 11) is 0. The molecule has 1 amide bonds. The molecule has 2 heterocycles. The van der Waals surface area contributed by atoms with Gasteiger partial charge in [0, 0.05) is 18.8 Å². The maximum Gasteiger partial charge on any atom is 0.388 e. The number of benzene rings is 1. The van der Waals surface area contributed by atoms with Crippen LogP contribution in [0, 0.1) is 12.8 Å². The lowest BCUT2D eigenvalue weighted by atomic mass is 9.69. The van der Waals surface area contributed by atoms with E-state index in [2.05, 4.69) is 39.9 Å². The third kappa shape index (κ3) is 5.35. The van der Waals surface area contributed by atoms with E-state index in [0.29, 0.717) is 18.8 Å². The number of ether oxygens (including phenoxy) is 1. The number of nitrogens with zero attached hydrogens (tertiary/aromatic N) is 2. The van der Waals surface area contributed by atoms with Crippen molar-refractivity contribution in [3.8, 4) is 5.88 Å². The highest BCUT2D eigenvalue weighted by molar-refractivity contribution is 6.01. The topological polar surface area (TPSA) is 54.5 Å². The minimum atomic E-state index is -3.02. The summed E-state index contributed by atoms with van der Waals surface area (Å²) in [5, 5.41) is 2.87. The zero-order valence-electron chi connectivity index (χ0n) is 19.6. The monoisotopic (exact) mass is 457 g/mol. The fraction of sp³-hybridized carbons (Fsp3) is 0.538. The predicted octanol–water partition coefficient (Wildman–Crippen LogP) is 5.50. The second-order valence-corrected chi connectivity index (χ2v) is 9.76. The normalized spacial score (nSPS) is 17.8. The van der Waals surface area contributed by atoms with Gasteiger partial charge in [-0.3, -0.25) is 4.79 Å². The molecule has 178 valence electrons. The van der Waals surface area contributed by atoms with Gasteiger partial charge in [-0.2, -0.15) is 8.78 Å². The van der Waals surface area contributed by atoms with Gasteiger partial charge in [0.05, 0.1) is 5.41 Å². The van der Waals surface area contributed by atoms with Crippen molar-refractivity contribution in [1.82, 2.24) is 9.88 Å². The Labute approximate surface area is 194 Å². The standard InChI is InChI=1S/C26H33F2N3O2/c1-17(2)20-8-4-5-9-21(20)26(15-31(16-26)14-6-7-19-11-12-19)24(32)30-22-13-10-18(3)29-23(22)33-25(27)28/h4-5,8-10,13,17,19,25H,6-7,11-12,14-16H2,1-3H3,(H,30,32). The number of anilines is 1. The molecule has 4 rings (SSSR count). The molecule has 0 atom stereocenters. The molecule has 5 nitrogen and oxygen atoms in total. The van der Waals surface area contributed by atoms with E-state index >= 15 is 0 Å². The average Bonchev–Trinajstić information content (AvgIpc) is 3.55. The first-order chi connectivity index (χ1) is 15.8. The smallest absolute Gasteiger partial charge is 0.388 e. The van der Waals surface area contributed by atoms with Gasteiger partial charge in [0.15, 0.2) is 0 Å². The third-order valence-electron chi connectivity index (χ3n) is 6.75. The first-order valence-electron chi connectivity index (χ1n) is 11.8. The molecule has 1 saturated carbocycles. The van der Waals surface area contributed by atoms with Crippen LogP contribution in [0.2, 0.25) is 0 Å². The van der Waals surface area contributed by atoms with Gasteiger partial charge in [0.25, 0.3) is 0 Å². The van der Waals surface area contributed by atoms with Gasteiger partial charge < -0.3 is 15.0 Å². The number of nitrogens with one attached hydrogen (secondary N) is 1. The maximum atomic E-state index is 13.7. The van der Waals surface area contributed by atoms with Crippen molar-refractivity contribution in [2.75, 3.05) is 25.0 Å². The van der Waals surface area contributed by atoms with Gasteiger partial charge in [-0.1, -0.05) is 51.0 Å². The summed E-state index contributed by atoms with van der Waals surface area (Å²) in [6.07, 6.45) is 5.09. The Morgan fingerprint density at radius 2 is 1.94 bits per heavy atom. The minimum absolute atomic E-state index is 0.166. The average molecular weight is 458 g/mol. The Morgan fingerprint density at radius 3 is 2.61 bits per heavy atom. The summed E-state index contributed by atoms with van der Waals surface area (Å²) < 4.78 is 30.5. The Morgan fingerprint density at radius 1 is 1.21 bits per heavy atom. The van der Waals surface area contributed by atoms with Gasteiger partial charge in [-0.25, -0.2) is 4.98 Å². The van der Waals surface area contributed by atoms with E-state index in [9.17, 15) is 13.6 Å². The first-order valence-corrected chi connectivity index (χ1v) is 11.8. The van der Waals surface area contributed by atoms with Crippen LogP contribution in [-0.2, 0) is 10.2 Å². The second kappa shape index (κ2) is 9.75. The quantitative estimate of drug-likeness (QED) is 0.512. The van der Waals surface area contributed by atoms with Crippen LogP contribution in [0.5, 0.6) is 5.88 Å². The molecule has 0 radical (unpaired) electrons. The number of halogens is 2. The number of hydrogen-bond acceptors (Lipinski definition) is 4. The number of hydrogen-bond donors (Lipinski definition) is 1. The summed E-state index contributed by atoms with van der Waals surface area (Å²) in [5.41, 5.74) is 2.10. The molecule has 0 spiro atoms. The van der Waals surface area contributed by atoms with Gasteiger partial charge in [0.2, 0.25) is 11.8 Å². The van der Waals surface area contributed by atoms with Gasteiger partial charge in [0.1, 0.15) is 5.69 Å². The fourth-order valence-corrected chi connectivity index (χ4v) is 4.80. The number of alkyl halides is 2. The Kier molecular flexibility index (Phi) is 6.98. The molecule has 1 aromatic heterocycles. The lowest BCUT2D eigenvalue weighted by Gasteiger charge is -2.50. The summed E-state index contributed by atoms with van der Waals surface area (Å²) in [5.74, 6) is 0.682. The van der Waals surface area contributed by atoms with Gasteiger partial charge >= 0.3 is 6.61 Å². The molecule has 2 aromatic rings. The summed E-state index contributed by atoms with van der Waals surface area (Å²) in [6.45, 7) is 5.10. The Balaban J connectivity index is 1.59. The van der Waals surface area contributed by atoms with E-state index in [1.54, 1.807) is 19.1 Å². The molecule has 0 bridgehead atoms. The molecule has 7 heteroatoms. The SMILES string of the molecule is Cc1ccc(NC(=O)C2(c3ccccc3C(C)C)CN(CCCC3CC3)C2)c(OC(F)F)n1. The molecule has 1 N–H and O–H groups in total. The second-order valence-electron chi connectivity index (χ2n) is 9.76. The highest BCUT2D eigenvalue weighted by Crippen LogP contribution is 2.41. The van der Waals surface area contributed by atoms with Crippen LogP contribution < -0.4 is 10.1 Å². The summed E-state index contributed by atoms with van der Waals surface area (Å²) >= 11 is 0. The highest BCUT2D eigenvalue weighted by Gasteiger charge is 2.51. The lowest BCUT2D eigenvalue weighted by Crippen LogP contribution is -2.65. The molecule has 1 aromatic carbocycles. The molecule has 1 saturated heterocycles. The van der Waals surface area contributed by atoms with Crippen molar-refractivity contribution in [1.29, 1.82) is 0 Å². The van der Waals surface area contributed by atoms with Crippen molar-refractivity contribution in [3.63, 3.8) is 0 Å². The van der Waals surface area contributed by atoms with Crippen LogP contribution >= 0.6 is 0 Å². The van der Waals surface area contributed by atoms with E-state index in [1.165, 1.54) is 19.3 Å². The third-order valence-corrected chi connectivity index (χ3v) is 6.75. The van der Waals surface area contributed by atoms with Crippen LogP contribution in [0.25, 0.3) is 0 Å². The molecule has 33 heavy (non-hydrogen) atoms. The highest BCUT2D eigenvalue weighted by atomic mass is 19.3. The summed E-state index contributed by atoms with van der Waals surface area (Å²) in [6, 6.07) is 11.3. The van der Waals surface area contributed by atoms with Crippen LogP contribution in [0.4, 0.5) is 14.5 Å².